The first-order valence-corrected chi connectivity index (χ1v) is 10.6. The lowest BCUT2D eigenvalue weighted by Crippen LogP contribution is -2.68. The first kappa shape index (κ1) is 19.1. The molecule has 2 amide bonds. The van der Waals surface area contributed by atoms with Gasteiger partial charge in [0.05, 0.1) is 13.2 Å². The number of nitrogens with zero attached hydrogens (tertiary/aromatic N) is 3. The molecule has 4 unspecified atom stereocenters. The standard InChI is InChI=1S/C19H33N5O3/c1-2-23-17-13-14(18(25)20-7-8-22-9-11-27-12-10-22)3-4-15(17)24-16(19(23)26)5-6-21-24/h14-17,21H,2-13H2,1H3,(H,20,25). The number of hydrogen-bond acceptors (Lipinski definition) is 6. The van der Waals surface area contributed by atoms with E-state index in [2.05, 4.69) is 27.6 Å². The van der Waals surface area contributed by atoms with E-state index in [-0.39, 0.29) is 29.8 Å². The quantitative estimate of drug-likeness (QED) is 0.665. The summed E-state index contributed by atoms with van der Waals surface area (Å²) < 4.78 is 5.36. The maximum Gasteiger partial charge on any atom is 0.241 e. The van der Waals surface area contributed by atoms with Crippen molar-refractivity contribution in [2.75, 3.05) is 52.5 Å². The number of carbonyl (C=O) groups excluding carboxylic acids is 2. The molecule has 8 nitrogen and oxygen atoms in total. The minimum atomic E-state index is -0.00917. The monoisotopic (exact) mass is 379 g/mol. The molecule has 0 radical (unpaired) electrons. The van der Waals surface area contributed by atoms with Crippen LogP contribution in [0.15, 0.2) is 0 Å². The van der Waals surface area contributed by atoms with Crippen LogP contribution < -0.4 is 10.7 Å². The lowest BCUT2D eigenvalue weighted by atomic mass is 9.78. The highest BCUT2D eigenvalue weighted by atomic mass is 16.5. The molecule has 0 spiro atoms. The number of amides is 2. The molecule has 4 atom stereocenters. The number of nitrogens with one attached hydrogen (secondary N) is 2. The molecule has 3 saturated heterocycles. The van der Waals surface area contributed by atoms with Gasteiger partial charge >= 0.3 is 0 Å². The van der Waals surface area contributed by atoms with E-state index >= 15 is 0 Å². The fourth-order valence-electron chi connectivity index (χ4n) is 5.25. The summed E-state index contributed by atoms with van der Waals surface area (Å²) >= 11 is 0. The highest BCUT2D eigenvalue weighted by Gasteiger charge is 2.50. The van der Waals surface area contributed by atoms with Gasteiger partial charge in [0.15, 0.2) is 0 Å². The Morgan fingerprint density at radius 1 is 1.22 bits per heavy atom. The van der Waals surface area contributed by atoms with Crippen molar-refractivity contribution >= 4 is 11.8 Å². The van der Waals surface area contributed by atoms with Crippen LogP contribution in [-0.4, -0.2) is 97.2 Å². The number of ether oxygens (including phenoxy) is 1. The second-order valence-electron chi connectivity index (χ2n) is 8.13. The minimum Gasteiger partial charge on any atom is -0.379 e. The molecule has 4 rings (SSSR count). The first-order valence-electron chi connectivity index (χ1n) is 10.6. The number of carbonyl (C=O) groups is 2. The number of hydrogen-bond donors (Lipinski definition) is 2. The van der Waals surface area contributed by atoms with Crippen molar-refractivity contribution in [3.63, 3.8) is 0 Å². The van der Waals surface area contributed by atoms with Crippen LogP contribution in [0.3, 0.4) is 0 Å². The molecule has 4 fully saturated rings. The Hall–Kier alpha value is -1.22. The lowest BCUT2D eigenvalue weighted by molar-refractivity contribution is -0.155. The van der Waals surface area contributed by atoms with Crippen molar-refractivity contribution < 1.29 is 14.3 Å². The Morgan fingerprint density at radius 2 is 2.04 bits per heavy atom. The van der Waals surface area contributed by atoms with Crippen LogP contribution >= 0.6 is 0 Å². The smallest absolute Gasteiger partial charge is 0.241 e. The van der Waals surface area contributed by atoms with E-state index in [9.17, 15) is 9.59 Å². The second-order valence-corrected chi connectivity index (χ2v) is 8.13. The van der Waals surface area contributed by atoms with Gasteiger partial charge in [-0.1, -0.05) is 0 Å². The number of fused-ring (bicyclic) bond motifs is 3. The predicted octanol–water partition coefficient (Wildman–Crippen LogP) is -0.587. The summed E-state index contributed by atoms with van der Waals surface area (Å²) in [5, 5.41) is 5.33. The Labute approximate surface area is 161 Å². The number of likely N-dealkylation sites (N-methyl/N-ethyl adjacent to an activating group) is 1. The van der Waals surface area contributed by atoms with Crippen LogP contribution in [0.25, 0.3) is 0 Å². The third-order valence-corrected chi connectivity index (χ3v) is 6.70. The molecular formula is C19H33N5O3. The maximum absolute atomic E-state index is 12.8. The van der Waals surface area contributed by atoms with Gasteiger partial charge in [-0.2, -0.15) is 0 Å². The molecule has 3 heterocycles. The number of rotatable bonds is 5. The van der Waals surface area contributed by atoms with Gasteiger partial charge in [0.1, 0.15) is 6.04 Å². The van der Waals surface area contributed by atoms with E-state index in [0.717, 1.165) is 71.6 Å². The zero-order chi connectivity index (χ0) is 18.8. The highest BCUT2D eigenvalue weighted by Crippen LogP contribution is 2.37. The molecule has 0 aromatic carbocycles. The fourth-order valence-corrected chi connectivity index (χ4v) is 5.25. The normalized spacial score (nSPS) is 35.0. The SMILES string of the molecule is CCN1C(=O)C2CCNN2C2CCC(C(=O)NCCN3CCOCC3)CC21. The summed E-state index contributed by atoms with van der Waals surface area (Å²) in [4.78, 5) is 29.9. The van der Waals surface area contributed by atoms with E-state index in [0.29, 0.717) is 12.6 Å². The maximum atomic E-state index is 12.8. The van der Waals surface area contributed by atoms with Gasteiger partial charge in [0.25, 0.3) is 0 Å². The third-order valence-electron chi connectivity index (χ3n) is 6.70. The lowest BCUT2D eigenvalue weighted by Gasteiger charge is -2.51. The Bertz CT molecular complexity index is 553. The molecule has 1 saturated carbocycles. The van der Waals surface area contributed by atoms with Crippen LogP contribution in [0.1, 0.15) is 32.6 Å². The summed E-state index contributed by atoms with van der Waals surface area (Å²) in [6, 6.07) is 0.478. The van der Waals surface area contributed by atoms with E-state index in [4.69, 9.17) is 4.74 Å². The summed E-state index contributed by atoms with van der Waals surface area (Å²) in [6.07, 6.45) is 3.54. The summed E-state index contributed by atoms with van der Waals surface area (Å²) in [7, 11) is 0. The van der Waals surface area contributed by atoms with E-state index in [1.165, 1.54) is 0 Å². The highest BCUT2D eigenvalue weighted by molar-refractivity contribution is 5.84. The molecule has 0 aromatic heterocycles. The molecule has 0 aromatic rings. The average molecular weight is 380 g/mol. The summed E-state index contributed by atoms with van der Waals surface area (Å²) in [5.41, 5.74) is 3.42. The molecule has 2 N–H and O–H groups in total. The van der Waals surface area contributed by atoms with Gasteiger partial charge in [-0.25, -0.2) is 5.01 Å². The number of hydrazine groups is 1. The molecule has 0 bridgehead atoms. The van der Waals surface area contributed by atoms with Crippen LogP contribution in [0.5, 0.6) is 0 Å². The zero-order valence-corrected chi connectivity index (χ0v) is 16.4. The molecule has 3 aliphatic heterocycles. The Balaban J connectivity index is 1.32. The van der Waals surface area contributed by atoms with Crippen molar-refractivity contribution in [2.45, 2.75) is 50.7 Å². The molecule has 27 heavy (non-hydrogen) atoms. The second kappa shape index (κ2) is 8.43. The topological polar surface area (TPSA) is 77.2 Å². The summed E-state index contributed by atoms with van der Waals surface area (Å²) in [6.45, 7) is 8.69. The Morgan fingerprint density at radius 3 is 2.81 bits per heavy atom. The van der Waals surface area contributed by atoms with Crippen LogP contribution in [0.4, 0.5) is 0 Å². The van der Waals surface area contributed by atoms with E-state index < -0.39 is 0 Å². The molecule has 8 heteroatoms. The predicted molar refractivity (Wildman–Crippen MR) is 101 cm³/mol. The molecule has 4 aliphatic rings. The van der Waals surface area contributed by atoms with Crippen LogP contribution in [0, 0.1) is 5.92 Å². The minimum absolute atomic E-state index is 0.00917. The molecule has 1 aliphatic carbocycles. The largest absolute Gasteiger partial charge is 0.379 e. The van der Waals surface area contributed by atoms with E-state index in [1.54, 1.807) is 0 Å². The van der Waals surface area contributed by atoms with Gasteiger partial charge in [0.2, 0.25) is 11.8 Å². The fraction of sp³-hybridized carbons (Fsp3) is 0.895. The summed E-state index contributed by atoms with van der Waals surface area (Å²) in [5.74, 6) is 0.399. The van der Waals surface area contributed by atoms with Gasteiger partial charge in [-0.15, -0.1) is 0 Å². The van der Waals surface area contributed by atoms with Crippen molar-refractivity contribution in [3.05, 3.63) is 0 Å². The Kier molecular flexibility index (Phi) is 5.96. The van der Waals surface area contributed by atoms with Gasteiger partial charge in [-0.05, 0) is 32.6 Å². The first-order chi connectivity index (χ1) is 13.2. The molecular weight excluding hydrogens is 346 g/mol. The van der Waals surface area contributed by atoms with E-state index in [1.807, 2.05) is 4.90 Å². The zero-order valence-electron chi connectivity index (χ0n) is 16.4. The van der Waals surface area contributed by atoms with Crippen molar-refractivity contribution in [1.82, 2.24) is 25.6 Å². The average Bonchev–Trinajstić information content (AvgIpc) is 3.19. The van der Waals surface area contributed by atoms with Gasteiger partial charge in [-0.3, -0.25) is 19.9 Å². The van der Waals surface area contributed by atoms with Gasteiger partial charge < -0.3 is 15.0 Å². The number of piperazine rings is 1. The van der Waals surface area contributed by atoms with Crippen LogP contribution in [-0.2, 0) is 14.3 Å². The van der Waals surface area contributed by atoms with Gasteiger partial charge in [0, 0.05) is 57.3 Å². The third kappa shape index (κ3) is 3.85. The molecule has 152 valence electrons. The van der Waals surface area contributed by atoms with Crippen molar-refractivity contribution in [1.29, 1.82) is 0 Å². The number of morpholine rings is 1. The van der Waals surface area contributed by atoms with Crippen molar-refractivity contribution in [3.8, 4) is 0 Å². The van der Waals surface area contributed by atoms with Crippen LogP contribution in [0.2, 0.25) is 0 Å². The van der Waals surface area contributed by atoms with Crippen molar-refractivity contribution in [2.24, 2.45) is 5.92 Å².